The zero-order valence-electron chi connectivity index (χ0n) is 22.5. The fourth-order valence-electron chi connectivity index (χ4n) is 5.96. The minimum Gasteiger partial charge on any atom is -0.480 e. The van der Waals surface area contributed by atoms with E-state index < -0.39 is 6.23 Å². The molecule has 6 rings (SSSR count). The summed E-state index contributed by atoms with van der Waals surface area (Å²) < 4.78 is 5.62. The van der Waals surface area contributed by atoms with Crippen molar-refractivity contribution in [3.8, 4) is 17.1 Å². The lowest BCUT2D eigenvalue weighted by Gasteiger charge is -2.51. The number of hydrogen-bond acceptors (Lipinski definition) is 7. The molecule has 3 aromatic rings. The number of amides is 1. The molecule has 5 heterocycles. The summed E-state index contributed by atoms with van der Waals surface area (Å²) in [5.74, 6) is 1.42. The lowest BCUT2D eigenvalue weighted by Crippen LogP contribution is -2.57. The molecule has 204 valence electrons. The van der Waals surface area contributed by atoms with E-state index in [1.165, 1.54) is 0 Å². The van der Waals surface area contributed by atoms with E-state index in [9.17, 15) is 9.90 Å². The van der Waals surface area contributed by atoms with Gasteiger partial charge in [-0.2, -0.15) is 0 Å². The first kappa shape index (κ1) is 26.6. The van der Waals surface area contributed by atoms with Crippen LogP contribution in [0.4, 0.5) is 0 Å². The number of para-hydroxylation sites is 1. The van der Waals surface area contributed by atoms with Crippen LogP contribution < -0.4 is 15.4 Å². The van der Waals surface area contributed by atoms with E-state index in [0.717, 1.165) is 92.6 Å². The summed E-state index contributed by atoms with van der Waals surface area (Å²) in [4.78, 5) is 27.0. The number of aromatic amines is 1. The lowest BCUT2D eigenvalue weighted by atomic mass is 9.70. The van der Waals surface area contributed by atoms with Gasteiger partial charge >= 0.3 is 0 Å². The molecule has 1 amide bonds. The predicted molar refractivity (Wildman–Crippen MR) is 148 cm³/mol. The van der Waals surface area contributed by atoms with Crippen LogP contribution in [-0.2, 0) is 4.79 Å². The number of piperidine rings is 3. The molecule has 3 aliphatic heterocycles. The van der Waals surface area contributed by atoms with Gasteiger partial charge in [-0.25, -0.2) is 9.97 Å². The summed E-state index contributed by atoms with van der Waals surface area (Å²) in [7, 11) is 3.31. The molecule has 3 fully saturated rings. The Bertz CT molecular complexity index is 1220. The SMILES string of the molecule is CNC(=O)CCCCC[C@H](NC(O)C12CCN(CC1)CC2)c1ncc(-c2cc3ccccc3nc2OC)[nH]1. The molecule has 0 spiro atoms. The number of carbonyl (C=O) groups excluding carboxylic acids is 1. The number of aliphatic hydroxyl groups is 1. The third-order valence-corrected chi connectivity index (χ3v) is 8.49. The van der Waals surface area contributed by atoms with Crippen LogP contribution in [0.3, 0.4) is 0 Å². The van der Waals surface area contributed by atoms with Gasteiger partial charge in [0, 0.05) is 24.3 Å². The van der Waals surface area contributed by atoms with E-state index in [4.69, 9.17) is 9.72 Å². The number of H-pyrrole nitrogens is 1. The molecule has 9 nitrogen and oxygen atoms in total. The number of aromatic nitrogens is 3. The summed E-state index contributed by atoms with van der Waals surface area (Å²) >= 11 is 0. The van der Waals surface area contributed by atoms with Crippen LogP contribution in [0.15, 0.2) is 36.5 Å². The maximum atomic E-state index is 11.6. The van der Waals surface area contributed by atoms with E-state index in [0.29, 0.717) is 12.3 Å². The molecule has 1 unspecified atom stereocenters. The second-order valence-corrected chi connectivity index (χ2v) is 10.8. The molecular weight excluding hydrogens is 480 g/mol. The molecule has 3 saturated heterocycles. The summed E-state index contributed by atoms with van der Waals surface area (Å²) in [5.41, 5.74) is 2.49. The Labute approximate surface area is 224 Å². The van der Waals surface area contributed by atoms with Gasteiger partial charge in [-0.15, -0.1) is 0 Å². The number of nitrogens with one attached hydrogen (secondary N) is 3. The van der Waals surface area contributed by atoms with E-state index >= 15 is 0 Å². The number of hydrogen-bond donors (Lipinski definition) is 4. The molecule has 0 radical (unpaired) electrons. The maximum Gasteiger partial charge on any atom is 0.223 e. The average molecular weight is 521 g/mol. The molecule has 2 bridgehead atoms. The summed E-state index contributed by atoms with van der Waals surface area (Å²) in [6, 6.07) is 9.92. The number of aliphatic hydroxyl groups excluding tert-OH is 1. The fourth-order valence-corrected chi connectivity index (χ4v) is 5.96. The quantitative estimate of drug-likeness (QED) is 0.212. The zero-order chi connectivity index (χ0) is 26.5. The lowest BCUT2D eigenvalue weighted by molar-refractivity contribution is -0.120. The molecule has 2 aromatic heterocycles. The summed E-state index contributed by atoms with van der Waals surface area (Å²) in [5, 5.41) is 18.7. The van der Waals surface area contributed by atoms with Gasteiger partial charge in [-0.1, -0.05) is 31.0 Å². The van der Waals surface area contributed by atoms with Crippen molar-refractivity contribution in [3.63, 3.8) is 0 Å². The molecule has 4 N–H and O–H groups in total. The molecule has 2 atom stereocenters. The molecule has 0 aliphatic carbocycles. The summed E-state index contributed by atoms with van der Waals surface area (Å²) in [6.45, 7) is 3.17. The number of pyridine rings is 1. The largest absolute Gasteiger partial charge is 0.480 e. The second-order valence-electron chi connectivity index (χ2n) is 10.8. The first-order chi connectivity index (χ1) is 18.5. The van der Waals surface area contributed by atoms with Crippen molar-refractivity contribution in [2.45, 2.75) is 63.6 Å². The van der Waals surface area contributed by atoms with E-state index in [-0.39, 0.29) is 17.4 Å². The maximum absolute atomic E-state index is 11.6. The first-order valence-corrected chi connectivity index (χ1v) is 13.9. The van der Waals surface area contributed by atoms with Crippen molar-refractivity contribution in [1.29, 1.82) is 0 Å². The predicted octanol–water partition coefficient (Wildman–Crippen LogP) is 3.77. The zero-order valence-corrected chi connectivity index (χ0v) is 22.5. The first-order valence-electron chi connectivity index (χ1n) is 13.9. The van der Waals surface area contributed by atoms with Gasteiger partial charge in [0.15, 0.2) is 0 Å². The van der Waals surface area contributed by atoms with E-state index in [2.05, 4.69) is 31.6 Å². The number of benzene rings is 1. The van der Waals surface area contributed by atoms with Crippen LogP contribution in [-0.4, -0.2) is 70.9 Å². The molecule has 1 aromatic carbocycles. The van der Waals surface area contributed by atoms with Crippen molar-refractivity contribution in [2.75, 3.05) is 33.8 Å². The molecule has 38 heavy (non-hydrogen) atoms. The van der Waals surface area contributed by atoms with Gasteiger partial charge < -0.3 is 25.0 Å². The van der Waals surface area contributed by atoms with E-state index in [1.54, 1.807) is 14.2 Å². The van der Waals surface area contributed by atoms with Crippen LogP contribution >= 0.6 is 0 Å². The van der Waals surface area contributed by atoms with Crippen LogP contribution in [0.25, 0.3) is 22.2 Å². The van der Waals surface area contributed by atoms with Gasteiger partial charge in [-0.05, 0) is 63.9 Å². The normalized spacial score (nSPS) is 22.3. The smallest absolute Gasteiger partial charge is 0.223 e. The third-order valence-electron chi connectivity index (χ3n) is 8.49. The number of nitrogens with zero attached hydrogens (tertiary/aromatic N) is 3. The number of rotatable bonds is 12. The molecule has 9 heteroatoms. The highest BCUT2D eigenvalue weighted by Crippen LogP contribution is 2.43. The van der Waals surface area contributed by atoms with E-state index in [1.807, 2.05) is 30.5 Å². The standard InChI is InChI=1S/C29H40N6O3/c1-30-25(36)11-5-3-4-10-23(34-28(37)29-12-15-35(16-13-29)17-14-29)26-31-19-24(32-26)21-18-20-8-6-7-9-22(20)33-27(21)38-2/h6-9,18-19,23,28,34,37H,3-5,10-17H2,1-2H3,(H,30,36)(H,31,32)/t23-,28?/m0/s1. The average Bonchev–Trinajstić information content (AvgIpc) is 3.46. The summed E-state index contributed by atoms with van der Waals surface area (Å²) in [6.07, 6.45) is 8.36. The highest BCUT2D eigenvalue weighted by molar-refractivity contribution is 5.85. The Morgan fingerprint density at radius 1 is 1.18 bits per heavy atom. The Hall–Kier alpha value is -3.01. The number of fused-ring (bicyclic) bond motifs is 4. The highest BCUT2D eigenvalue weighted by Gasteiger charge is 2.45. The number of methoxy groups -OCH3 is 1. The van der Waals surface area contributed by atoms with Crippen LogP contribution in [0.5, 0.6) is 5.88 Å². The topological polar surface area (TPSA) is 115 Å². The van der Waals surface area contributed by atoms with Crippen molar-refractivity contribution in [2.24, 2.45) is 5.41 Å². The number of ether oxygens (including phenoxy) is 1. The Morgan fingerprint density at radius 3 is 2.68 bits per heavy atom. The number of unbranched alkanes of at least 4 members (excludes halogenated alkanes) is 2. The molecule has 3 aliphatic rings. The van der Waals surface area contributed by atoms with Crippen LogP contribution in [0, 0.1) is 5.41 Å². The van der Waals surface area contributed by atoms with Gasteiger partial charge in [0.05, 0.1) is 36.1 Å². The van der Waals surface area contributed by atoms with Gasteiger partial charge in [-0.3, -0.25) is 10.1 Å². The van der Waals surface area contributed by atoms with Crippen molar-refractivity contribution in [3.05, 3.63) is 42.4 Å². The van der Waals surface area contributed by atoms with Gasteiger partial charge in [0.25, 0.3) is 0 Å². The molecular formula is C29H40N6O3. The van der Waals surface area contributed by atoms with Crippen molar-refractivity contribution in [1.82, 2.24) is 30.5 Å². The Morgan fingerprint density at radius 2 is 1.95 bits per heavy atom. The highest BCUT2D eigenvalue weighted by atomic mass is 16.5. The van der Waals surface area contributed by atoms with Crippen molar-refractivity contribution < 1.29 is 14.6 Å². The van der Waals surface area contributed by atoms with Crippen LogP contribution in [0.2, 0.25) is 0 Å². The minimum absolute atomic E-state index is 0.0754. The monoisotopic (exact) mass is 520 g/mol. The second kappa shape index (κ2) is 11.8. The van der Waals surface area contributed by atoms with Crippen LogP contribution in [0.1, 0.15) is 63.2 Å². The third kappa shape index (κ3) is 5.70. The van der Waals surface area contributed by atoms with Crippen molar-refractivity contribution >= 4 is 16.8 Å². The number of imidazole rings is 1. The van der Waals surface area contributed by atoms with Gasteiger partial charge in [0.1, 0.15) is 12.1 Å². The Balaban J connectivity index is 1.35. The fraction of sp³-hybridized carbons (Fsp3) is 0.552. The number of carbonyl (C=O) groups is 1. The van der Waals surface area contributed by atoms with Gasteiger partial charge in [0.2, 0.25) is 11.8 Å². The Kier molecular flexibility index (Phi) is 8.26. The minimum atomic E-state index is -0.591. The molecule has 0 saturated carbocycles.